The van der Waals surface area contributed by atoms with E-state index in [0.717, 1.165) is 62.1 Å². The zero-order chi connectivity index (χ0) is 16.2. The Morgan fingerprint density at radius 2 is 2.09 bits per heavy atom. The summed E-state index contributed by atoms with van der Waals surface area (Å²) in [4.78, 5) is 14.8. The molecule has 0 saturated carbocycles. The fourth-order valence-corrected chi connectivity index (χ4v) is 3.99. The first-order valence-electron chi connectivity index (χ1n) is 8.60. The fourth-order valence-electron chi connectivity index (χ4n) is 3.11. The van der Waals surface area contributed by atoms with Gasteiger partial charge in [0.15, 0.2) is 0 Å². The van der Waals surface area contributed by atoms with Gasteiger partial charge in [-0.2, -0.15) is 0 Å². The molecule has 6 nitrogen and oxygen atoms in total. The van der Waals surface area contributed by atoms with E-state index in [2.05, 4.69) is 34.3 Å². The van der Waals surface area contributed by atoms with E-state index in [1.54, 1.807) is 11.3 Å². The number of anilines is 1. The summed E-state index contributed by atoms with van der Waals surface area (Å²) in [6.45, 7) is 7.49. The Hall–Kier alpha value is -1.21. The number of carbonyl (C=O) groups excluding carboxylic acids is 1. The molecular weight excluding hydrogens is 312 g/mol. The van der Waals surface area contributed by atoms with Crippen molar-refractivity contribution >= 4 is 22.4 Å². The summed E-state index contributed by atoms with van der Waals surface area (Å²) in [5, 5.41) is 13.8. The van der Waals surface area contributed by atoms with Crippen LogP contribution in [-0.2, 0) is 9.53 Å². The third-order valence-corrected chi connectivity index (χ3v) is 5.84. The van der Waals surface area contributed by atoms with Crippen LogP contribution in [0.4, 0.5) is 5.13 Å². The molecule has 1 aromatic rings. The van der Waals surface area contributed by atoms with Crippen LogP contribution < -0.4 is 10.2 Å². The molecule has 0 bridgehead atoms. The van der Waals surface area contributed by atoms with Gasteiger partial charge in [0.2, 0.25) is 11.0 Å². The van der Waals surface area contributed by atoms with Crippen molar-refractivity contribution in [2.75, 3.05) is 31.2 Å². The summed E-state index contributed by atoms with van der Waals surface area (Å²) in [6.07, 6.45) is 3.84. The molecule has 1 atom stereocenters. The normalized spacial score (nSPS) is 23.3. The van der Waals surface area contributed by atoms with E-state index in [1.807, 2.05) is 0 Å². The molecule has 2 aliphatic rings. The zero-order valence-electron chi connectivity index (χ0n) is 14.0. The SMILES string of the molecule is CC(C)c1nnc(N2CCCC(C(=O)NC3CCOCC3)C2)s1. The van der Waals surface area contributed by atoms with Crippen LogP contribution in [0.25, 0.3) is 0 Å². The molecule has 128 valence electrons. The molecule has 0 aromatic carbocycles. The van der Waals surface area contributed by atoms with Crippen molar-refractivity contribution in [3.8, 4) is 0 Å². The lowest BCUT2D eigenvalue weighted by molar-refractivity contribution is -0.126. The molecule has 1 N–H and O–H groups in total. The lowest BCUT2D eigenvalue weighted by atomic mass is 9.96. The Morgan fingerprint density at radius 1 is 1.30 bits per heavy atom. The number of nitrogens with zero attached hydrogens (tertiary/aromatic N) is 3. The minimum absolute atomic E-state index is 0.0537. The van der Waals surface area contributed by atoms with Crippen molar-refractivity contribution in [1.82, 2.24) is 15.5 Å². The third-order valence-electron chi connectivity index (χ3n) is 4.55. The molecular formula is C16H26N4O2S. The number of hydrogen-bond acceptors (Lipinski definition) is 6. The Bertz CT molecular complexity index is 528. The second-order valence-corrected chi connectivity index (χ2v) is 7.75. The molecule has 3 heterocycles. The van der Waals surface area contributed by atoms with Crippen molar-refractivity contribution in [3.05, 3.63) is 5.01 Å². The van der Waals surface area contributed by atoms with Crippen LogP contribution in [0.5, 0.6) is 0 Å². The number of piperidine rings is 1. The van der Waals surface area contributed by atoms with Crippen molar-refractivity contribution < 1.29 is 9.53 Å². The first-order chi connectivity index (χ1) is 11.1. The van der Waals surface area contributed by atoms with Gasteiger partial charge in [0, 0.05) is 38.3 Å². The number of nitrogens with one attached hydrogen (secondary N) is 1. The van der Waals surface area contributed by atoms with Gasteiger partial charge in [0.05, 0.1) is 5.92 Å². The van der Waals surface area contributed by atoms with Gasteiger partial charge < -0.3 is 15.0 Å². The van der Waals surface area contributed by atoms with Gasteiger partial charge in [-0.3, -0.25) is 4.79 Å². The Morgan fingerprint density at radius 3 is 2.78 bits per heavy atom. The van der Waals surface area contributed by atoms with Crippen molar-refractivity contribution in [3.63, 3.8) is 0 Å². The highest BCUT2D eigenvalue weighted by Gasteiger charge is 2.29. The van der Waals surface area contributed by atoms with Gasteiger partial charge in [-0.1, -0.05) is 25.2 Å². The first-order valence-corrected chi connectivity index (χ1v) is 9.41. The minimum Gasteiger partial charge on any atom is -0.381 e. The highest BCUT2D eigenvalue weighted by atomic mass is 32.1. The quantitative estimate of drug-likeness (QED) is 0.911. The highest BCUT2D eigenvalue weighted by Crippen LogP contribution is 2.29. The molecule has 0 aliphatic carbocycles. The highest BCUT2D eigenvalue weighted by molar-refractivity contribution is 7.15. The predicted octanol–water partition coefficient (Wildman–Crippen LogP) is 2.17. The minimum atomic E-state index is 0.0537. The maximum atomic E-state index is 12.5. The largest absolute Gasteiger partial charge is 0.381 e. The van der Waals surface area contributed by atoms with E-state index in [1.165, 1.54) is 0 Å². The van der Waals surface area contributed by atoms with E-state index in [0.29, 0.717) is 5.92 Å². The van der Waals surface area contributed by atoms with Gasteiger partial charge in [-0.05, 0) is 25.7 Å². The molecule has 1 aromatic heterocycles. The summed E-state index contributed by atoms with van der Waals surface area (Å²) < 4.78 is 5.35. The second kappa shape index (κ2) is 7.57. The number of hydrogen-bond donors (Lipinski definition) is 1. The number of rotatable bonds is 4. The summed E-state index contributed by atoms with van der Waals surface area (Å²) in [6, 6.07) is 0.278. The van der Waals surface area contributed by atoms with Crippen LogP contribution in [0, 0.1) is 5.92 Å². The van der Waals surface area contributed by atoms with Crippen LogP contribution in [0.3, 0.4) is 0 Å². The van der Waals surface area contributed by atoms with E-state index in [9.17, 15) is 4.79 Å². The predicted molar refractivity (Wildman–Crippen MR) is 90.9 cm³/mol. The van der Waals surface area contributed by atoms with E-state index >= 15 is 0 Å². The Kier molecular flexibility index (Phi) is 5.48. The van der Waals surface area contributed by atoms with E-state index in [4.69, 9.17) is 4.74 Å². The summed E-state index contributed by atoms with van der Waals surface area (Å²) >= 11 is 1.65. The Balaban J connectivity index is 1.57. The summed E-state index contributed by atoms with van der Waals surface area (Å²) in [5.74, 6) is 0.645. The maximum Gasteiger partial charge on any atom is 0.225 e. The molecule has 2 aliphatic heterocycles. The van der Waals surface area contributed by atoms with E-state index < -0.39 is 0 Å². The molecule has 3 rings (SSSR count). The van der Waals surface area contributed by atoms with E-state index in [-0.39, 0.29) is 17.9 Å². The maximum absolute atomic E-state index is 12.5. The van der Waals surface area contributed by atoms with Crippen LogP contribution in [0.1, 0.15) is 50.5 Å². The van der Waals surface area contributed by atoms with Gasteiger partial charge >= 0.3 is 0 Å². The smallest absolute Gasteiger partial charge is 0.225 e. The average molecular weight is 338 g/mol. The molecule has 1 amide bonds. The molecule has 2 fully saturated rings. The number of carbonyl (C=O) groups is 1. The topological polar surface area (TPSA) is 67.4 Å². The molecule has 23 heavy (non-hydrogen) atoms. The molecule has 1 unspecified atom stereocenters. The van der Waals surface area contributed by atoms with Crippen molar-refractivity contribution in [1.29, 1.82) is 0 Å². The molecule has 2 saturated heterocycles. The van der Waals surface area contributed by atoms with Gasteiger partial charge in [-0.25, -0.2) is 0 Å². The van der Waals surface area contributed by atoms with Crippen LogP contribution in [-0.4, -0.2) is 48.4 Å². The standard InChI is InChI=1S/C16H26N4O2S/c1-11(2)15-18-19-16(23-15)20-7-3-4-12(10-20)14(21)17-13-5-8-22-9-6-13/h11-13H,3-10H2,1-2H3,(H,17,21). The van der Waals surface area contributed by atoms with Gasteiger partial charge in [0.1, 0.15) is 5.01 Å². The monoisotopic (exact) mass is 338 g/mol. The van der Waals surface area contributed by atoms with Crippen molar-refractivity contribution in [2.24, 2.45) is 5.92 Å². The lowest BCUT2D eigenvalue weighted by Gasteiger charge is -2.33. The fraction of sp³-hybridized carbons (Fsp3) is 0.812. The summed E-state index contributed by atoms with van der Waals surface area (Å²) in [5.41, 5.74) is 0. The number of aromatic nitrogens is 2. The van der Waals surface area contributed by atoms with Crippen LogP contribution in [0.2, 0.25) is 0 Å². The molecule has 0 spiro atoms. The Labute approximate surface area is 141 Å². The van der Waals surface area contributed by atoms with Crippen LogP contribution >= 0.6 is 11.3 Å². The zero-order valence-corrected chi connectivity index (χ0v) is 14.8. The lowest BCUT2D eigenvalue weighted by Crippen LogP contribution is -2.47. The van der Waals surface area contributed by atoms with Gasteiger partial charge in [-0.15, -0.1) is 10.2 Å². The molecule has 7 heteroatoms. The van der Waals surface area contributed by atoms with Crippen LogP contribution in [0.15, 0.2) is 0 Å². The van der Waals surface area contributed by atoms with Gasteiger partial charge in [0.25, 0.3) is 0 Å². The summed E-state index contributed by atoms with van der Waals surface area (Å²) in [7, 11) is 0. The van der Waals surface area contributed by atoms with Crippen molar-refractivity contribution in [2.45, 2.75) is 51.5 Å². The third kappa shape index (κ3) is 4.20. The number of ether oxygens (including phenoxy) is 1. The average Bonchev–Trinajstić information content (AvgIpc) is 3.06. The number of amides is 1. The first kappa shape index (κ1) is 16.6. The molecule has 0 radical (unpaired) electrons. The second-order valence-electron chi connectivity index (χ2n) is 6.76.